The number of alkyl halides is 3. The number of aryl methyl sites for hydroxylation is 1. The minimum absolute atomic E-state index is 0.0120. The number of hydrogen-bond donors (Lipinski definition) is 2. The molecular weight excluding hydrogens is 585 g/mol. The number of nitrogens with zero attached hydrogens (tertiary/aromatic N) is 4. The highest BCUT2D eigenvalue weighted by atomic mass is 32.1. The van der Waals surface area contributed by atoms with Gasteiger partial charge in [0.2, 0.25) is 0 Å². The lowest BCUT2D eigenvalue weighted by Crippen LogP contribution is -2.57. The standard InChI is InChI=1S/C33H33F3N6OS/c1-22-8-4-7-11-28(22)40-31(44)42(20-25-9-5-6-10-27(25)33(34,35)36)30(38)32(2,3)29(43)16-26-18-39-21-41(26)19-24-14-12-23(17-37)13-15-24/h4-15,18,21,30H,16,19-20,38H2,1-3H3,(H,40,44). The van der Waals surface area contributed by atoms with Crippen molar-refractivity contribution in [3.63, 3.8) is 0 Å². The first kappa shape index (κ1) is 32.4. The highest BCUT2D eigenvalue weighted by molar-refractivity contribution is 7.80. The quantitative estimate of drug-likeness (QED) is 0.156. The Morgan fingerprint density at radius 2 is 1.75 bits per heavy atom. The minimum Gasteiger partial charge on any atom is -0.332 e. The molecule has 0 aliphatic rings. The number of nitriles is 1. The number of aromatic nitrogens is 2. The zero-order chi connectivity index (χ0) is 32.1. The Hall–Kier alpha value is -4.53. The molecule has 1 aromatic heterocycles. The van der Waals surface area contributed by atoms with E-state index < -0.39 is 23.3 Å². The second-order valence-corrected chi connectivity index (χ2v) is 11.5. The summed E-state index contributed by atoms with van der Waals surface area (Å²) in [6.07, 6.45) is -2.46. The predicted molar refractivity (Wildman–Crippen MR) is 167 cm³/mol. The van der Waals surface area contributed by atoms with E-state index in [2.05, 4.69) is 16.4 Å². The van der Waals surface area contributed by atoms with Crippen LogP contribution >= 0.6 is 12.2 Å². The average molecular weight is 619 g/mol. The number of imidazole rings is 1. The SMILES string of the molecule is Cc1ccccc1NC(=S)N(Cc1ccccc1C(F)(F)F)C(N)C(C)(C)C(=O)Cc1cncn1Cc1ccc(C#N)cc1. The normalized spacial score (nSPS) is 12.3. The molecule has 1 atom stereocenters. The Bertz CT molecular complexity index is 1670. The van der Waals surface area contributed by atoms with Crippen molar-refractivity contribution < 1.29 is 18.0 Å². The van der Waals surface area contributed by atoms with E-state index in [0.717, 1.165) is 17.2 Å². The Labute approximate surface area is 260 Å². The average Bonchev–Trinajstić information content (AvgIpc) is 3.42. The molecule has 3 aromatic carbocycles. The highest BCUT2D eigenvalue weighted by Crippen LogP contribution is 2.34. The molecular formula is C33H33F3N6OS. The van der Waals surface area contributed by atoms with Crippen molar-refractivity contribution in [2.45, 2.75) is 52.6 Å². The van der Waals surface area contributed by atoms with E-state index >= 15 is 0 Å². The number of Topliss-reactive ketones (excluding diaryl/α,β-unsaturated/α-hetero) is 1. The van der Waals surface area contributed by atoms with E-state index in [0.29, 0.717) is 23.5 Å². The number of nitrogens with one attached hydrogen (secondary N) is 1. The molecule has 0 radical (unpaired) electrons. The van der Waals surface area contributed by atoms with Gasteiger partial charge in [0.25, 0.3) is 0 Å². The summed E-state index contributed by atoms with van der Waals surface area (Å²) in [5, 5.41) is 12.3. The summed E-state index contributed by atoms with van der Waals surface area (Å²) in [6.45, 7) is 5.37. The molecule has 0 amide bonds. The smallest absolute Gasteiger partial charge is 0.332 e. The summed E-state index contributed by atoms with van der Waals surface area (Å²) in [7, 11) is 0. The first-order valence-corrected chi connectivity index (χ1v) is 14.3. The fraction of sp³-hybridized carbons (Fsp3) is 0.273. The van der Waals surface area contributed by atoms with Crippen molar-refractivity contribution in [3.05, 3.63) is 119 Å². The number of benzene rings is 3. The third-order valence-electron chi connectivity index (χ3n) is 7.68. The first-order valence-electron chi connectivity index (χ1n) is 13.9. The maximum Gasteiger partial charge on any atom is 0.416 e. The molecule has 228 valence electrons. The lowest BCUT2D eigenvalue weighted by atomic mass is 9.81. The number of rotatable bonds is 10. The molecule has 0 bridgehead atoms. The second kappa shape index (κ2) is 13.4. The number of hydrogen-bond acceptors (Lipinski definition) is 5. The number of nitrogens with two attached hydrogens (primary N) is 1. The molecule has 0 aliphatic carbocycles. The fourth-order valence-corrected chi connectivity index (χ4v) is 5.07. The predicted octanol–water partition coefficient (Wildman–Crippen LogP) is 6.45. The highest BCUT2D eigenvalue weighted by Gasteiger charge is 2.40. The van der Waals surface area contributed by atoms with Crippen molar-refractivity contribution in [2.75, 3.05) is 5.32 Å². The van der Waals surface area contributed by atoms with Gasteiger partial charge in [0.05, 0.1) is 35.1 Å². The van der Waals surface area contributed by atoms with E-state index in [4.69, 9.17) is 23.2 Å². The van der Waals surface area contributed by atoms with Crippen LogP contribution in [0.4, 0.5) is 18.9 Å². The molecule has 4 aromatic rings. The summed E-state index contributed by atoms with van der Waals surface area (Å²) in [5.74, 6) is -0.237. The van der Waals surface area contributed by atoms with Crippen molar-refractivity contribution >= 4 is 28.8 Å². The van der Waals surface area contributed by atoms with E-state index in [-0.39, 0.29) is 29.4 Å². The van der Waals surface area contributed by atoms with Gasteiger partial charge in [-0.2, -0.15) is 18.4 Å². The molecule has 0 saturated heterocycles. The van der Waals surface area contributed by atoms with Crippen LogP contribution in [-0.4, -0.2) is 31.5 Å². The molecule has 7 nitrogen and oxygen atoms in total. The van der Waals surface area contributed by atoms with Crippen molar-refractivity contribution in [3.8, 4) is 6.07 Å². The van der Waals surface area contributed by atoms with E-state index in [9.17, 15) is 18.0 Å². The van der Waals surface area contributed by atoms with E-state index in [1.54, 1.807) is 44.6 Å². The molecule has 0 fully saturated rings. The zero-order valence-corrected chi connectivity index (χ0v) is 25.4. The van der Waals surface area contributed by atoms with Gasteiger partial charge in [0.1, 0.15) is 5.78 Å². The van der Waals surface area contributed by atoms with E-state index in [1.165, 1.54) is 23.1 Å². The number of carbonyl (C=O) groups excluding carboxylic acids is 1. The van der Waals surface area contributed by atoms with Gasteiger partial charge in [0, 0.05) is 37.1 Å². The lowest BCUT2D eigenvalue weighted by molar-refractivity contribution is -0.138. The van der Waals surface area contributed by atoms with Crippen molar-refractivity contribution in [1.29, 1.82) is 5.26 Å². The van der Waals surface area contributed by atoms with Crippen molar-refractivity contribution in [2.24, 2.45) is 11.1 Å². The van der Waals surface area contributed by atoms with Crippen LogP contribution in [0.15, 0.2) is 85.3 Å². The van der Waals surface area contributed by atoms with Crippen LogP contribution in [0.2, 0.25) is 0 Å². The maximum absolute atomic E-state index is 13.9. The number of thiocarbonyl (C=S) groups is 1. The summed E-state index contributed by atoms with van der Waals surface area (Å²) in [5.41, 5.74) is 8.37. The summed E-state index contributed by atoms with van der Waals surface area (Å²) < 4.78 is 43.6. The van der Waals surface area contributed by atoms with Gasteiger partial charge in [0.15, 0.2) is 5.11 Å². The van der Waals surface area contributed by atoms with Gasteiger partial charge >= 0.3 is 6.18 Å². The Balaban J connectivity index is 1.61. The molecule has 1 unspecified atom stereocenters. The molecule has 1 heterocycles. The van der Waals surface area contributed by atoms with Crippen LogP contribution in [-0.2, 0) is 30.5 Å². The van der Waals surface area contributed by atoms with Crippen molar-refractivity contribution in [1.82, 2.24) is 14.5 Å². The Morgan fingerprint density at radius 3 is 2.41 bits per heavy atom. The van der Waals surface area contributed by atoms with Crippen LogP contribution in [0.3, 0.4) is 0 Å². The molecule has 44 heavy (non-hydrogen) atoms. The van der Waals surface area contributed by atoms with Crippen LogP contribution in [0.5, 0.6) is 0 Å². The van der Waals surface area contributed by atoms with E-state index in [1.807, 2.05) is 41.8 Å². The van der Waals surface area contributed by atoms with Gasteiger partial charge in [-0.3, -0.25) is 4.79 Å². The number of para-hydroxylation sites is 1. The molecule has 0 saturated carbocycles. The van der Waals surface area contributed by atoms with Gasteiger partial charge in [-0.15, -0.1) is 0 Å². The van der Waals surface area contributed by atoms with Gasteiger partial charge in [-0.25, -0.2) is 4.98 Å². The summed E-state index contributed by atoms with van der Waals surface area (Å²) in [6, 6.07) is 21.8. The fourth-order valence-electron chi connectivity index (χ4n) is 4.78. The number of halogens is 3. The Kier molecular flexibility index (Phi) is 9.87. The van der Waals surface area contributed by atoms with Gasteiger partial charge in [-0.05, 0) is 73.9 Å². The zero-order valence-electron chi connectivity index (χ0n) is 24.6. The molecule has 0 spiro atoms. The van der Waals surface area contributed by atoms with Crippen LogP contribution < -0.4 is 11.1 Å². The summed E-state index contributed by atoms with van der Waals surface area (Å²) in [4.78, 5) is 19.5. The second-order valence-electron chi connectivity index (χ2n) is 11.1. The number of ketones is 1. The minimum atomic E-state index is -4.59. The molecule has 11 heteroatoms. The van der Waals surface area contributed by atoms with Gasteiger partial charge < -0.3 is 20.5 Å². The largest absolute Gasteiger partial charge is 0.416 e. The Morgan fingerprint density at radius 1 is 1.09 bits per heavy atom. The first-order chi connectivity index (χ1) is 20.8. The molecule has 0 aliphatic heterocycles. The van der Waals surface area contributed by atoms with Crippen LogP contribution in [0.1, 0.15) is 47.4 Å². The van der Waals surface area contributed by atoms with Crippen LogP contribution in [0, 0.1) is 23.7 Å². The lowest BCUT2D eigenvalue weighted by Gasteiger charge is -2.40. The molecule has 4 rings (SSSR count). The third-order valence-corrected chi connectivity index (χ3v) is 8.02. The van der Waals surface area contributed by atoms with Gasteiger partial charge in [-0.1, -0.05) is 48.5 Å². The number of anilines is 1. The molecule has 3 N–H and O–H groups in total. The van der Waals surface area contributed by atoms with Crippen LogP contribution in [0.25, 0.3) is 0 Å². The summed E-state index contributed by atoms with van der Waals surface area (Å²) >= 11 is 5.72. The topological polar surface area (TPSA) is 100.0 Å². The maximum atomic E-state index is 13.9. The monoisotopic (exact) mass is 618 g/mol. The third kappa shape index (κ3) is 7.51. The number of carbonyl (C=O) groups is 1.